The van der Waals surface area contributed by atoms with Gasteiger partial charge >= 0.3 is 6.03 Å². The van der Waals surface area contributed by atoms with Crippen LogP contribution in [0.25, 0.3) is 0 Å². The van der Waals surface area contributed by atoms with Gasteiger partial charge in [-0.15, -0.1) is 0 Å². The number of halogens is 1. The molecule has 1 aromatic carbocycles. The van der Waals surface area contributed by atoms with Gasteiger partial charge in [-0.1, -0.05) is 25.4 Å². The van der Waals surface area contributed by atoms with Crippen molar-refractivity contribution >= 4 is 33.3 Å². The monoisotopic (exact) mass is 373 g/mol. The first-order valence-corrected chi connectivity index (χ1v) is 10.1. The van der Waals surface area contributed by atoms with Crippen LogP contribution in [0.2, 0.25) is 5.02 Å². The highest BCUT2D eigenvalue weighted by Crippen LogP contribution is 2.26. The molecule has 0 bridgehead atoms. The number of nitrogens with one attached hydrogen (secondary N) is 2. The minimum Gasteiger partial charge on any atom is -0.323 e. The second-order valence-corrected chi connectivity index (χ2v) is 8.92. The van der Waals surface area contributed by atoms with Gasteiger partial charge in [0.1, 0.15) is 0 Å². The lowest BCUT2D eigenvalue weighted by Gasteiger charge is -2.21. The minimum atomic E-state index is -3.32. The number of aryl methyl sites for hydroxylation is 1. The van der Waals surface area contributed by atoms with E-state index >= 15 is 0 Å². The molecule has 0 saturated carbocycles. The van der Waals surface area contributed by atoms with E-state index in [1.807, 2.05) is 20.8 Å². The Morgan fingerprint density at radius 1 is 1.33 bits per heavy atom. The van der Waals surface area contributed by atoms with Crippen molar-refractivity contribution < 1.29 is 13.2 Å². The molecule has 2 amide bonds. The van der Waals surface area contributed by atoms with E-state index in [0.717, 1.165) is 11.8 Å². The quantitative estimate of drug-likeness (QED) is 0.851. The lowest BCUT2D eigenvalue weighted by Crippen LogP contribution is -2.42. The van der Waals surface area contributed by atoms with E-state index in [0.29, 0.717) is 23.8 Å². The van der Waals surface area contributed by atoms with Gasteiger partial charge in [-0.3, -0.25) is 0 Å². The van der Waals surface area contributed by atoms with E-state index in [9.17, 15) is 13.2 Å². The first kappa shape index (κ1) is 19.0. The molecule has 1 fully saturated rings. The summed E-state index contributed by atoms with van der Waals surface area (Å²) in [6, 6.07) is 4.77. The summed E-state index contributed by atoms with van der Waals surface area (Å²) in [7, 11) is -3.32. The number of nitrogens with zero attached hydrogens (tertiary/aromatic N) is 1. The summed E-state index contributed by atoms with van der Waals surface area (Å²) in [6.45, 7) is 6.81. The molecule has 134 valence electrons. The van der Waals surface area contributed by atoms with Crippen molar-refractivity contribution in [2.24, 2.45) is 11.8 Å². The summed E-state index contributed by atoms with van der Waals surface area (Å²) in [5.41, 5.74) is 1.58. The number of carbonyl (C=O) groups is 1. The highest BCUT2D eigenvalue weighted by atomic mass is 35.5. The second kappa shape index (κ2) is 7.29. The summed E-state index contributed by atoms with van der Waals surface area (Å²) in [4.78, 5) is 14.2. The summed E-state index contributed by atoms with van der Waals surface area (Å²) in [6.07, 6.45) is 1.14. The van der Waals surface area contributed by atoms with Crippen LogP contribution in [0.3, 0.4) is 0 Å². The van der Waals surface area contributed by atoms with Crippen LogP contribution >= 0.6 is 11.6 Å². The third-order valence-corrected chi connectivity index (χ3v) is 5.27. The summed E-state index contributed by atoms with van der Waals surface area (Å²) in [5, 5.41) is 3.49. The normalized spacial score (nSPS) is 21.3. The molecule has 6 nitrogen and oxygen atoms in total. The average Bonchev–Trinajstić information content (AvgIpc) is 2.83. The topological polar surface area (TPSA) is 78.5 Å². The molecule has 1 heterocycles. The van der Waals surface area contributed by atoms with Crippen molar-refractivity contribution in [1.82, 2.24) is 9.62 Å². The molecule has 0 aromatic heterocycles. The maximum absolute atomic E-state index is 12.5. The van der Waals surface area contributed by atoms with Crippen LogP contribution in [0.15, 0.2) is 18.2 Å². The zero-order chi connectivity index (χ0) is 18.1. The van der Waals surface area contributed by atoms with Crippen molar-refractivity contribution in [3.8, 4) is 0 Å². The predicted octanol–water partition coefficient (Wildman–Crippen LogP) is 2.69. The fourth-order valence-electron chi connectivity index (χ4n) is 3.03. The number of urea groups is 1. The van der Waals surface area contributed by atoms with Gasteiger partial charge in [0.05, 0.1) is 6.26 Å². The van der Waals surface area contributed by atoms with Gasteiger partial charge in [-0.05, 0) is 42.5 Å². The SMILES string of the molecule is Cc1cc(Cl)ccc1NC(=O)N1C[C@H](NS(C)(=O)=O)[C@@H](C(C)C)C1. The molecule has 0 spiro atoms. The zero-order valence-electron chi connectivity index (χ0n) is 14.3. The highest BCUT2D eigenvalue weighted by Gasteiger charge is 2.38. The third-order valence-electron chi connectivity index (χ3n) is 4.30. The molecular formula is C16H24ClN3O3S. The van der Waals surface area contributed by atoms with Crippen LogP contribution in [0.5, 0.6) is 0 Å². The Labute approximate surface area is 148 Å². The molecule has 0 aliphatic carbocycles. The van der Waals surface area contributed by atoms with Gasteiger partial charge in [0.2, 0.25) is 10.0 Å². The van der Waals surface area contributed by atoms with Gasteiger partial charge in [0.15, 0.2) is 0 Å². The van der Waals surface area contributed by atoms with E-state index in [1.165, 1.54) is 0 Å². The number of rotatable bonds is 4. The lowest BCUT2D eigenvalue weighted by atomic mass is 9.92. The van der Waals surface area contributed by atoms with Crippen molar-refractivity contribution in [3.05, 3.63) is 28.8 Å². The van der Waals surface area contributed by atoms with Crippen molar-refractivity contribution in [3.63, 3.8) is 0 Å². The fraction of sp³-hybridized carbons (Fsp3) is 0.562. The molecule has 8 heteroatoms. The Hall–Kier alpha value is -1.31. The average molecular weight is 374 g/mol. The maximum atomic E-state index is 12.5. The van der Waals surface area contributed by atoms with Crippen molar-refractivity contribution in [1.29, 1.82) is 0 Å². The Morgan fingerprint density at radius 2 is 2.00 bits per heavy atom. The second-order valence-electron chi connectivity index (χ2n) is 6.70. The molecule has 2 rings (SSSR count). The standard InChI is InChI=1S/C16H24ClN3O3S/c1-10(2)13-8-20(9-15(13)19-24(4,22)23)16(21)18-14-6-5-12(17)7-11(14)3/h5-7,10,13,15,19H,8-9H2,1-4H3,(H,18,21)/t13-,15+/m1/s1. The molecule has 1 saturated heterocycles. The lowest BCUT2D eigenvalue weighted by molar-refractivity contribution is 0.219. The van der Waals surface area contributed by atoms with E-state index < -0.39 is 10.0 Å². The molecule has 2 N–H and O–H groups in total. The van der Waals surface area contributed by atoms with E-state index in [-0.39, 0.29) is 23.9 Å². The Kier molecular flexibility index (Phi) is 5.78. The maximum Gasteiger partial charge on any atom is 0.321 e. The molecule has 0 unspecified atom stereocenters. The van der Waals surface area contributed by atoms with Crippen LogP contribution in [-0.4, -0.2) is 44.7 Å². The predicted molar refractivity (Wildman–Crippen MR) is 96.9 cm³/mol. The van der Waals surface area contributed by atoms with Crippen LogP contribution in [0, 0.1) is 18.8 Å². The smallest absolute Gasteiger partial charge is 0.321 e. The van der Waals surface area contributed by atoms with E-state index in [1.54, 1.807) is 23.1 Å². The van der Waals surface area contributed by atoms with Gasteiger partial charge in [-0.2, -0.15) is 0 Å². The van der Waals surface area contributed by atoms with Crippen LogP contribution in [-0.2, 0) is 10.0 Å². The highest BCUT2D eigenvalue weighted by molar-refractivity contribution is 7.88. The largest absolute Gasteiger partial charge is 0.323 e. The Morgan fingerprint density at radius 3 is 2.54 bits per heavy atom. The first-order chi connectivity index (χ1) is 11.1. The van der Waals surface area contributed by atoms with Gasteiger partial charge in [0, 0.05) is 29.8 Å². The van der Waals surface area contributed by atoms with Crippen LogP contribution in [0.1, 0.15) is 19.4 Å². The van der Waals surface area contributed by atoms with Gasteiger partial charge in [0.25, 0.3) is 0 Å². The molecule has 0 radical (unpaired) electrons. The molecule has 2 atom stereocenters. The van der Waals surface area contributed by atoms with Gasteiger partial charge < -0.3 is 10.2 Å². The number of likely N-dealkylation sites (tertiary alicyclic amines) is 1. The molecule has 24 heavy (non-hydrogen) atoms. The number of anilines is 1. The van der Waals surface area contributed by atoms with Crippen LogP contribution in [0.4, 0.5) is 10.5 Å². The number of sulfonamides is 1. The number of benzene rings is 1. The summed E-state index contributed by atoms with van der Waals surface area (Å²) < 4.78 is 25.8. The summed E-state index contributed by atoms with van der Waals surface area (Å²) >= 11 is 5.93. The molecule has 1 aliphatic heterocycles. The molecule has 1 aromatic rings. The number of hydrogen-bond acceptors (Lipinski definition) is 3. The molecular weight excluding hydrogens is 350 g/mol. The summed E-state index contributed by atoms with van der Waals surface area (Å²) in [5.74, 6) is 0.344. The number of carbonyl (C=O) groups excluding carboxylic acids is 1. The fourth-order valence-corrected chi connectivity index (χ4v) is 4.06. The third kappa shape index (κ3) is 4.84. The van der Waals surface area contributed by atoms with E-state index in [4.69, 9.17) is 11.6 Å². The molecule has 1 aliphatic rings. The van der Waals surface area contributed by atoms with Crippen LogP contribution < -0.4 is 10.0 Å². The first-order valence-electron chi connectivity index (χ1n) is 7.86. The minimum absolute atomic E-state index is 0.0804. The number of amides is 2. The van der Waals surface area contributed by atoms with Crippen molar-refractivity contribution in [2.45, 2.75) is 26.8 Å². The van der Waals surface area contributed by atoms with E-state index in [2.05, 4.69) is 10.0 Å². The Balaban J connectivity index is 2.10. The number of hydrogen-bond donors (Lipinski definition) is 2. The zero-order valence-corrected chi connectivity index (χ0v) is 15.9. The van der Waals surface area contributed by atoms with Gasteiger partial charge in [-0.25, -0.2) is 17.9 Å². The van der Waals surface area contributed by atoms with Crippen molar-refractivity contribution in [2.75, 3.05) is 24.7 Å². The Bertz CT molecular complexity index is 721.